The van der Waals surface area contributed by atoms with Crippen LogP contribution in [0.1, 0.15) is 31.2 Å². The van der Waals surface area contributed by atoms with E-state index < -0.39 is 0 Å². The molecule has 0 atom stereocenters. The van der Waals surface area contributed by atoms with Crippen LogP contribution in [-0.4, -0.2) is 33.4 Å². The van der Waals surface area contributed by atoms with Gasteiger partial charge >= 0.3 is 0 Å². The van der Waals surface area contributed by atoms with Crippen molar-refractivity contribution in [2.45, 2.75) is 39.2 Å². The van der Waals surface area contributed by atoms with Gasteiger partial charge < -0.3 is 9.47 Å². The molecular formula is C19H24FN3O. The highest BCUT2D eigenvalue weighted by atomic mass is 19.1. The van der Waals surface area contributed by atoms with Gasteiger partial charge in [0.05, 0.1) is 6.42 Å². The quantitative estimate of drug-likeness (QED) is 0.845. The van der Waals surface area contributed by atoms with E-state index in [0.717, 1.165) is 50.3 Å². The lowest BCUT2D eigenvalue weighted by atomic mass is 9.96. The SMILES string of the molecule is CCc1nccn1CC1CCN(C(=O)Cc2ccc(F)cc2)CC1. The first-order valence-electron chi connectivity index (χ1n) is 8.68. The molecule has 1 aliphatic heterocycles. The van der Waals surface area contributed by atoms with E-state index in [0.29, 0.717) is 12.3 Å². The highest BCUT2D eigenvalue weighted by Gasteiger charge is 2.23. The summed E-state index contributed by atoms with van der Waals surface area (Å²) in [4.78, 5) is 18.7. The lowest BCUT2D eigenvalue weighted by molar-refractivity contribution is -0.131. The monoisotopic (exact) mass is 329 g/mol. The Hall–Kier alpha value is -2.17. The summed E-state index contributed by atoms with van der Waals surface area (Å²) in [6, 6.07) is 6.19. The van der Waals surface area contributed by atoms with E-state index in [1.54, 1.807) is 12.1 Å². The van der Waals surface area contributed by atoms with Crippen molar-refractivity contribution >= 4 is 5.91 Å². The third-order valence-corrected chi connectivity index (χ3v) is 4.81. The molecule has 24 heavy (non-hydrogen) atoms. The molecule has 0 aliphatic carbocycles. The number of rotatable bonds is 5. The second-order valence-electron chi connectivity index (χ2n) is 6.48. The second kappa shape index (κ2) is 7.60. The first-order valence-corrected chi connectivity index (χ1v) is 8.68. The molecule has 128 valence electrons. The van der Waals surface area contributed by atoms with Gasteiger partial charge in [0, 0.05) is 38.4 Å². The number of amides is 1. The van der Waals surface area contributed by atoms with Crippen molar-refractivity contribution in [2.75, 3.05) is 13.1 Å². The zero-order chi connectivity index (χ0) is 16.9. The molecular weight excluding hydrogens is 305 g/mol. The minimum Gasteiger partial charge on any atom is -0.342 e. The van der Waals surface area contributed by atoms with Crippen molar-refractivity contribution < 1.29 is 9.18 Å². The molecule has 1 fully saturated rings. The summed E-state index contributed by atoms with van der Waals surface area (Å²) >= 11 is 0. The molecule has 1 aliphatic rings. The van der Waals surface area contributed by atoms with Gasteiger partial charge in [-0.1, -0.05) is 19.1 Å². The van der Waals surface area contributed by atoms with Crippen molar-refractivity contribution in [3.05, 3.63) is 53.9 Å². The number of likely N-dealkylation sites (tertiary alicyclic amines) is 1. The van der Waals surface area contributed by atoms with Crippen molar-refractivity contribution in [3.8, 4) is 0 Å². The average molecular weight is 329 g/mol. The van der Waals surface area contributed by atoms with E-state index in [9.17, 15) is 9.18 Å². The van der Waals surface area contributed by atoms with Crippen molar-refractivity contribution in [3.63, 3.8) is 0 Å². The van der Waals surface area contributed by atoms with Crippen molar-refractivity contribution in [1.82, 2.24) is 14.5 Å². The van der Waals surface area contributed by atoms with Crippen LogP contribution in [0.2, 0.25) is 0 Å². The zero-order valence-corrected chi connectivity index (χ0v) is 14.1. The Balaban J connectivity index is 1.49. The van der Waals surface area contributed by atoms with Crippen LogP contribution in [0.4, 0.5) is 4.39 Å². The Morgan fingerprint density at radius 3 is 2.62 bits per heavy atom. The molecule has 1 aromatic heterocycles. The molecule has 2 heterocycles. The molecule has 5 heteroatoms. The lowest BCUT2D eigenvalue weighted by Gasteiger charge is -2.32. The Morgan fingerprint density at radius 2 is 1.96 bits per heavy atom. The summed E-state index contributed by atoms with van der Waals surface area (Å²) in [6.07, 6.45) is 7.26. The van der Waals surface area contributed by atoms with Crippen molar-refractivity contribution in [1.29, 1.82) is 0 Å². The number of hydrogen-bond acceptors (Lipinski definition) is 2. The van der Waals surface area contributed by atoms with Gasteiger partial charge in [0.15, 0.2) is 0 Å². The van der Waals surface area contributed by atoms with E-state index in [1.165, 1.54) is 12.1 Å². The van der Waals surface area contributed by atoms with Crippen LogP contribution in [0.3, 0.4) is 0 Å². The topological polar surface area (TPSA) is 38.1 Å². The molecule has 1 aromatic carbocycles. The molecule has 3 rings (SSSR count). The smallest absolute Gasteiger partial charge is 0.226 e. The second-order valence-corrected chi connectivity index (χ2v) is 6.48. The highest BCUT2D eigenvalue weighted by molar-refractivity contribution is 5.78. The van der Waals surface area contributed by atoms with Gasteiger partial charge in [-0.05, 0) is 36.5 Å². The number of halogens is 1. The Morgan fingerprint density at radius 1 is 1.25 bits per heavy atom. The Kier molecular flexibility index (Phi) is 5.28. The number of nitrogens with zero attached hydrogens (tertiary/aromatic N) is 3. The van der Waals surface area contributed by atoms with Crippen LogP contribution in [0.25, 0.3) is 0 Å². The van der Waals surface area contributed by atoms with E-state index in [4.69, 9.17) is 0 Å². The van der Waals surface area contributed by atoms with Gasteiger partial charge in [-0.3, -0.25) is 4.79 Å². The zero-order valence-electron chi connectivity index (χ0n) is 14.1. The first-order chi connectivity index (χ1) is 11.7. The van der Waals surface area contributed by atoms with Crippen LogP contribution in [0, 0.1) is 11.7 Å². The predicted molar refractivity (Wildman–Crippen MR) is 91.0 cm³/mol. The molecule has 0 radical (unpaired) electrons. The highest BCUT2D eigenvalue weighted by Crippen LogP contribution is 2.20. The maximum Gasteiger partial charge on any atom is 0.226 e. The summed E-state index contributed by atoms with van der Waals surface area (Å²) < 4.78 is 15.2. The molecule has 0 saturated carbocycles. The fourth-order valence-electron chi connectivity index (χ4n) is 3.35. The van der Waals surface area contributed by atoms with Gasteiger partial charge in [-0.2, -0.15) is 0 Å². The number of carbonyl (C=O) groups is 1. The molecule has 0 bridgehead atoms. The van der Waals surface area contributed by atoms with Crippen LogP contribution >= 0.6 is 0 Å². The maximum absolute atomic E-state index is 12.9. The van der Waals surface area contributed by atoms with Crippen LogP contribution in [-0.2, 0) is 24.2 Å². The first kappa shape index (κ1) is 16.7. The minimum atomic E-state index is -0.266. The number of aryl methyl sites for hydroxylation is 1. The summed E-state index contributed by atoms with van der Waals surface area (Å²) in [5.74, 6) is 1.60. The molecule has 4 nitrogen and oxygen atoms in total. The van der Waals surface area contributed by atoms with Crippen molar-refractivity contribution in [2.24, 2.45) is 5.92 Å². The number of hydrogen-bond donors (Lipinski definition) is 0. The largest absolute Gasteiger partial charge is 0.342 e. The predicted octanol–water partition coefficient (Wildman–Crippen LogP) is 3.07. The van der Waals surface area contributed by atoms with E-state index in [-0.39, 0.29) is 11.7 Å². The number of imidazole rings is 1. The molecule has 1 saturated heterocycles. The Labute approximate surface area is 142 Å². The van der Waals surface area contributed by atoms with Gasteiger partial charge in [-0.15, -0.1) is 0 Å². The lowest BCUT2D eigenvalue weighted by Crippen LogP contribution is -2.40. The number of carbonyl (C=O) groups excluding carboxylic acids is 1. The van der Waals surface area contributed by atoms with Crippen LogP contribution in [0.5, 0.6) is 0 Å². The Bertz CT molecular complexity index is 672. The van der Waals surface area contributed by atoms with Crippen LogP contribution in [0.15, 0.2) is 36.7 Å². The van der Waals surface area contributed by atoms with Gasteiger partial charge in [-0.25, -0.2) is 9.37 Å². The van der Waals surface area contributed by atoms with Crippen LogP contribution < -0.4 is 0 Å². The van der Waals surface area contributed by atoms with Gasteiger partial charge in [0.1, 0.15) is 11.6 Å². The third-order valence-electron chi connectivity index (χ3n) is 4.81. The summed E-state index contributed by atoms with van der Waals surface area (Å²) in [5.41, 5.74) is 0.870. The van der Waals surface area contributed by atoms with E-state index >= 15 is 0 Å². The minimum absolute atomic E-state index is 0.136. The normalized spacial score (nSPS) is 15.7. The molecule has 0 spiro atoms. The number of benzene rings is 1. The summed E-state index contributed by atoms with van der Waals surface area (Å²) in [5, 5.41) is 0. The number of piperidine rings is 1. The van der Waals surface area contributed by atoms with E-state index in [2.05, 4.69) is 16.5 Å². The maximum atomic E-state index is 12.9. The fourth-order valence-corrected chi connectivity index (χ4v) is 3.35. The summed E-state index contributed by atoms with van der Waals surface area (Å²) in [7, 11) is 0. The third kappa shape index (κ3) is 4.02. The molecule has 0 N–H and O–H groups in total. The van der Waals surface area contributed by atoms with E-state index in [1.807, 2.05) is 17.3 Å². The molecule has 2 aromatic rings. The van der Waals surface area contributed by atoms with Gasteiger partial charge in [0.2, 0.25) is 5.91 Å². The molecule has 0 unspecified atom stereocenters. The average Bonchev–Trinajstić information content (AvgIpc) is 3.04. The summed E-state index contributed by atoms with van der Waals surface area (Å²) in [6.45, 7) is 4.72. The van der Waals surface area contributed by atoms with Gasteiger partial charge in [0.25, 0.3) is 0 Å². The molecule has 1 amide bonds. The standard InChI is InChI=1S/C19H24FN3O/c1-2-18-21-9-12-23(18)14-16-7-10-22(11-8-16)19(24)13-15-3-5-17(20)6-4-15/h3-6,9,12,16H,2,7-8,10-11,13-14H2,1H3. The fraction of sp³-hybridized carbons (Fsp3) is 0.474. The number of aromatic nitrogens is 2.